The number of aromatic hydroxyl groups is 1. The van der Waals surface area contributed by atoms with Crippen LogP contribution in [0.4, 0.5) is 0 Å². The average molecular weight is 286 g/mol. The van der Waals surface area contributed by atoms with E-state index in [-0.39, 0.29) is 18.2 Å². The summed E-state index contributed by atoms with van der Waals surface area (Å²) in [4.78, 5) is 4.51. The molecule has 1 heterocycles. The highest BCUT2D eigenvalue weighted by Crippen LogP contribution is 2.42. The van der Waals surface area contributed by atoms with E-state index in [4.69, 9.17) is 9.47 Å². The van der Waals surface area contributed by atoms with Crippen molar-refractivity contribution in [3.63, 3.8) is 0 Å². The van der Waals surface area contributed by atoms with Gasteiger partial charge < -0.3 is 14.6 Å². The van der Waals surface area contributed by atoms with Gasteiger partial charge in [0.1, 0.15) is 0 Å². The number of rotatable bonds is 4. The molecule has 0 fully saturated rings. The number of ether oxygens (including phenoxy) is 2. The normalized spacial score (nSPS) is 13.1. The molecule has 0 bridgehead atoms. The Balaban J connectivity index is 0.00000180. The molecule has 0 saturated heterocycles. The quantitative estimate of drug-likeness (QED) is 0.925. The number of methoxy groups -OCH3 is 2. The first-order valence-corrected chi connectivity index (χ1v) is 6.23. The molecule has 1 aromatic carbocycles. The Morgan fingerprint density at radius 3 is 2.63 bits per heavy atom. The van der Waals surface area contributed by atoms with Crippen LogP contribution in [0.25, 0.3) is 0 Å². The Morgan fingerprint density at radius 1 is 1.32 bits per heavy atom. The number of phenols is 1. The third-order valence-electron chi connectivity index (χ3n) is 3.19. The summed E-state index contributed by atoms with van der Waals surface area (Å²) in [5.41, 5.74) is 2.89. The number of aliphatic imine (C=N–C) groups is 1. The van der Waals surface area contributed by atoms with Crippen LogP contribution in [0.15, 0.2) is 11.1 Å². The minimum Gasteiger partial charge on any atom is -0.504 e. The maximum Gasteiger partial charge on any atom is 0.203 e. The van der Waals surface area contributed by atoms with Crippen molar-refractivity contribution in [3.8, 4) is 17.2 Å². The molecule has 0 amide bonds. The maximum absolute atomic E-state index is 10.4. The van der Waals surface area contributed by atoms with Crippen LogP contribution in [0, 0.1) is 0 Å². The molecule has 1 N–H and O–H groups in total. The molecule has 1 aliphatic heterocycles. The minimum atomic E-state index is 0. The number of hydrogen-bond donors (Lipinski definition) is 1. The van der Waals surface area contributed by atoms with Crippen molar-refractivity contribution in [1.29, 1.82) is 0 Å². The lowest BCUT2D eigenvalue weighted by Crippen LogP contribution is -2.14. The highest BCUT2D eigenvalue weighted by Gasteiger charge is 2.24. The molecule has 0 unspecified atom stereocenters. The molecule has 1 aliphatic rings. The van der Waals surface area contributed by atoms with Gasteiger partial charge in [0.25, 0.3) is 0 Å². The molecule has 1 aromatic rings. The molecule has 0 saturated carbocycles. The molecule has 0 radical (unpaired) electrons. The van der Waals surface area contributed by atoms with Gasteiger partial charge in [0.15, 0.2) is 11.5 Å². The zero-order chi connectivity index (χ0) is 13.1. The third kappa shape index (κ3) is 2.78. The van der Waals surface area contributed by atoms with E-state index in [0.29, 0.717) is 11.5 Å². The Kier molecular flexibility index (Phi) is 5.48. The summed E-state index contributed by atoms with van der Waals surface area (Å²) < 4.78 is 10.5. The minimum absolute atomic E-state index is 0. The predicted molar refractivity (Wildman–Crippen MR) is 78.5 cm³/mol. The number of benzene rings is 1. The maximum atomic E-state index is 10.4. The standard InChI is InChI=1S/C14H19NO3.ClH/c1-4-5-10-12-9(6-7-15-10)8-11(17-2)14(18-3)13(12)16;/h8,16H,4-7H2,1-3H3;1H. The van der Waals surface area contributed by atoms with Crippen molar-refractivity contribution in [2.24, 2.45) is 4.99 Å². The van der Waals surface area contributed by atoms with Crippen LogP contribution in [0.1, 0.15) is 30.9 Å². The molecular formula is C14H20ClNO3. The van der Waals surface area contributed by atoms with Crippen molar-refractivity contribution < 1.29 is 14.6 Å². The van der Waals surface area contributed by atoms with Gasteiger partial charge in [0, 0.05) is 17.8 Å². The van der Waals surface area contributed by atoms with Crippen molar-refractivity contribution in [2.75, 3.05) is 20.8 Å². The Hall–Kier alpha value is -1.42. The highest BCUT2D eigenvalue weighted by molar-refractivity contribution is 6.05. The van der Waals surface area contributed by atoms with Crippen molar-refractivity contribution in [3.05, 3.63) is 17.2 Å². The van der Waals surface area contributed by atoms with Gasteiger partial charge in [-0.25, -0.2) is 0 Å². The largest absolute Gasteiger partial charge is 0.504 e. The number of halogens is 1. The molecule has 0 aliphatic carbocycles. The molecule has 106 valence electrons. The monoisotopic (exact) mass is 285 g/mol. The van der Waals surface area contributed by atoms with E-state index in [1.165, 1.54) is 7.11 Å². The van der Waals surface area contributed by atoms with Gasteiger partial charge in [0.05, 0.1) is 14.2 Å². The topological polar surface area (TPSA) is 51.0 Å². The van der Waals surface area contributed by atoms with E-state index in [0.717, 1.165) is 42.6 Å². The fourth-order valence-corrected chi connectivity index (χ4v) is 2.38. The Bertz CT molecular complexity index is 486. The van der Waals surface area contributed by atoms with Crippen LogP contribution < -0.4 is 9.47 Å². The summed E-state index contributed by atoms with van der Waals surface area (Å²) in [6.45, 7) is 2.88. The van der Waals surface area contributed by atoms with E-state index < -0.39 is 0 Å². The van der Waals surface area contributed by atoms with Crippen molar-refractivity contribution in [2.45, 2.75) is 26.2 Å². The lowest BCUT2D eigenvalue weighted by molar-refractivity contribution is 0.332. The van der Waals surface area contributed by atoms with Crippen molar-refractivity contribution in [1.82, 2.24) is 0 Å². The SMILES string of the molecule is CCCC1=NCCc2cc(OC)c(OC)c(O)c21.Cl. The average Bonchev–Trinajstić information content (AvgIpc) is 2.38. The van der Waals surface area contributed by atoms with E-state index >= 15 is 0 Å². The summed E-state index contributed by atoms with van der Waals surface area (Å²) in [5.74, 6) is 1.12. The fraction of sp³-hybridized carbons (Fsp3) is 0.500. The van der Waals surface area contributed by atoms with Gasteiger partial charge >= 0.3 is 0 Å². The Labute approximate surface area is 119 Å². The van der Waals surface area contributed by atoms with E-state index in [1.54, 1.807) is 7.11 Å². The first kappa shape index (κ1) is 15.6. The molecule has 2 rings (SSSR count). The van der Waals surface area contributed by atoms with Crippen LogP contribution >= 0.6 is 12.4 Å². The number of nitrogens with zero attached hydrogens (tertiary/aromatic N) is 1. The van der Waals surface area contributed by atoms with Crippen LogP contribution in [-0.2, 0) is 6.42 Å². The van der Waals surface area contributed by atoms with Gasteiger partial charge in [-0.3, -0.25) is 4.99 Å². The second-order valence-electron chi connectivity index (χ2n) is 4.32. The fourth-order valence-electron chi connectivity index (χ4n) is 2.38. The van der Waals surface area contributed by atoms with Gasteiger partial charge in [-0.1, -0.05) is 13.3 Å². The number of phenolic OH excluding ortho intramolecular Hbond substituents is 1. The van der Waals surface area contributed by atoms with Crippen LogP contribution in [-0.4, -0.2) is 31.6 Å². The van der Waals surface area contributed by atoms with Gasteiger partial charge in [-0.15, -0.1) is 12.4 Å². The summed E-state index contributed by atoms with van der Waals surface area (Å²) in [6.07, 6.45) is 2.71. The first-order chi connectivity index (χ1) is 8.72. The number of fused-ring (bicyclic) bond motifs is 1. The molecule has 19 heavy (non-hydrogen) atoms. The van der Waals surface area contributed by atoms with Crippen LogP contribution in [0.3, 0.4) is 0 Å². The second-order valence-corrected chi connectivity index (χ2v) is 4.32. The molecule has 5 heteroatoms. The zero-order valence-corrected chi connectivity index (χ0v) is 12.3. The molecule has 4 nitrogen and oxygen atoms in total. The van der Waals surface area contributed by atoms with E-state index in [1.807, 2.05) is 6.07 Å². The van der Waals surface area contributed by atoms with Gasteiger partial charge in [0.2, 0.25) is 5.75 Å². The summed E-state index contributed by atoms with van der Waals surface area (Å²) in [7, 11) is 3.11. The van der Waals surface area contributed by atoms with E-state index in [9.17, 15) is 5.11 Å². The Morgan fingerprint density at radius 2 is 2.05 bits per heavy atom. The molecule has 0 atom stereocenters. The lowest BCUT2D eigenvalue weighted by Gasteiger charge is -2.21. The first-order valence-electron chi connectivity index (χ1n) is 6.23. The summed E-state index contributed by atoms with van der Waals surface area (Å²) >= 11 is 0. The van der Waals surface area contributed by atoms with Crippen molar-refractivity contribution >= 4 is 18.1 Å². The van der Waals surface area contributed by atoms with Crippen LogP contribution in [0.5, 0.6) is 17.2 Å². The number of hydrogen-bond acceptors (Lipinski definition) is 4. The highest BCUT2D eigenvalue weighted by atomic mass is 35.5. The van der Waals surface area contributed by atoms with Gasteiger partial charge in [-0.2, -0.15) is 0 Å². The second kappa shape index (κ2) is 6.66. The van der Waals surface area contributed by atoms with E-state index in [2.05, 4.69) is 11.9 Å². The predicted octanol–water partition coefficient (Wildman–Crippen LogP) is 2.98. The summed E-state index contributed by atoms with van der Waals surface area (Å²) in [6, 6.07) is 1.94. The lowest BCUT2D eigenvalue weighted by atomic mass is 9.93. The molecule has 0 spiro atoms. The zero-order valence-electron chi connectivity index (χ0n) is 11.5. The molecular weight excluding hydrogens is 266 g/mol. The third-order valence-corrected chi connectivity index (χ3v) is 3.19. The summed E-state index contributed by atoms with van der Waals surface area (Å²) in [5, 5.41) is 10.4. The van der Waals surface area contributed by atoms with Gasteiger partial charge in [-0.05, 0) is 24.5 Å². The molecule has 0 aromatic heterocycles. The smallest absolute Gasteiger partial charge is 0.203 e. The van der Waals surface area contributed by atoms with Crippen LogP contribution in [0.2, 0.25) is 0 Å².